The fraction of sp³-hybridized carbons (Fsp3) is 0.370. The summed E-state index contributed by atoms with van der Waals surface area (Å²) in [6, 6.07) is 12.4. The molecule has 5 aliphatic heterocycles. The average molecular weight is 830 g/mol. The highest BCUT2D eigenvalue weighted by Gasteiger charge is 2.36. The average Bonchev–Trinajstić information content (AvgIpc) is 3.94. The van der Waals surface area contributed by atoms with Gasteiger partial charge >= 0.3 is 5.97 Å². The zero-order valence-corrected chi connectivity index (χ0v) is 34.6. The highest BCUT2D eigenvalue weighted by molar-refractivity contribution is 6.05. The monoisotopic (exact) mass is 829 g/mol. The predicted molar refractivity (Wildman–Crippen MR) is 224 cm³/mol. The topological polar surface area (TPSA) is 166 Å². The molecule has 316 valence electrons. The number of hydroxylamine groups is 2. The summed E-state index contributed by atoms with van der Waals surface area (Å²) in [5, 5.41) is 0.553. The Balaban J connectivity index is 1.02. The molecular formula is C46H47N5O10. The summed E-state index contributed by atoms with van der Waals surface area (Å²) >= 11 is 0. The van der Waals surface area contributed by atoms with Crippen molar-refractivity contribution < 1.29 is 47.8 Å². The molecule has 15 nitrogen and oxygen atoms in total. The lowest BCUT2D eigenvalue weighted by Gasteiger charge is -2.20. The van der Waals surface area contributed by atoms with Crippen molar-refractivity contribution in [2.75, 3.05) is 27.3 Å². The van der Waals surface area contributed by atoms with Crippen LogP contribution < -0.4 is 18.9 Å². The van der Waals surface area contributed by atoms with Crippen molar-refractivity contribution in [3.8, 4) is 23.0 Å². The Morgan fingerprint density at radius 3 is 1.61 bits per heavy atom. The first kappa shape index (κ1) is 41.0. The Morgan fingerprint density at radius 1 is 0.672 bits per heavy atom. The van der Waals surface area contributed by atoms with Gasteiger partial charge in [0.25, 0.3) is 23.6 Å². The van der Waals surface area contributed by atoms with Crippen LogP contribution in [0.2, 0.25) is 0 Å². The van der Waals surface area contributed by atoms with E-state index in [1.165, 1.54) is 25.4 Å². The van der Waals surface area contributed by atoms with Crippen LogP contribution in [0.25, 0.3) is 0 Å². The maximum atomic E-state index is 13.6. The molecule has 3 aromatic carbocycles. The molecule has 3 fully saturated rings. The van der Waals surface area contributed by atoms with Gasteiger partial charge in [-0.2, -0.15) is 0 Å². The molecule has 2 atom stereocenters. The first-order valence-electron chi connectivity index (χ1n) is 20.4. The molecule has 0 aliphatic carbocycles. The zero-order valence-electron chi connectivity index (χ0n) is 34.6. The van der Waals surface area contributed by atoms with Crippen molar-refractivity contribution >= 4 is 53.4 Å². The minimum Gasteiger partial charge on any atom is -0.493 e. The quantitative estimate of drug-likeness (QED) is 0.136. The number of hydrogen-bond donors (Lipinski definition) is 0. The van der Waals surface area contributed by atoms with Crippen molar-refractivity contribution in [2.45, 2.75) is 84.1 Å². The summed E-state index contributed by atoms with van der Waals surface area (Å²) in [4.78, 5) is 81.9. The maximum Gasteiger partial charge on any atom is 0.333 e. The van der Waals surface area contributed by atoms with E-state index in [1.54, 1.807) is 24.3 Å². The van der Waals surface area contributed by atoms with Crippen LogP contribution in [-0.2, 0) is 38.9 Å². The fourth-order valence-electron chi connectivity index (χ4n) is 8.24. The van der Waals surface area contributed by atoms with Gasteiger partial charge in [0, 0.05) is 56.9 Å². The second-order valence-corrected chi connectivity index (χ2v) is 15.5. The summed E-state index contributed by atoms with van der Waals surface area (Å²) < 4.78 is 24.1. The summed E-state index contributed by atoms with van der Waals surface area (Å²) in [5.41, 5.74) is 6.68. The second-order valence-electron chi connectivity index (χ2n) is 15.5. The molecule has 5 heterocycles. The van der Waals surface area contributed by atoms with E-state index in [9.17, 15) is 24.0 Å². The Labute approximate surface area is 353 Å². The molecule has 3 saturated heterocycles. The first-order valence-corrected chi connectivity index (χ1v) is 20.4. The van der Waals surface area contributed by atoms with Gasteiger partial charge in [-0.05, 0) is 74.4 Å². The van der Waals surface area contributed by atoms with Crippen LogP contribution in [0.3, 0.4) is 0 Å². The van der Waals surface area contributed by atoms with Crippen LogP contribution in [0.1, 0.15) is 89.8 Å². The van der Waals surface area contributed by atoms with Gasteiger partial charge < -0.3 is 33.6 Å². The third-order valence-corrected chi connectivity index (χ3v) is 11.6. The third-order valence-electron chi connectivity index (χ3n) is 11.6. The molecule has 0 saturated carbocycles. The molecule has 0 aromatic heterocycles. The Bertz CT molecular complexity index is 2280. The van der Waals surface area contributed by atoms with Gasteiger partial charge in [-0.1, -0.05) is 35.4 Å². The molecule has 61 heavy (non-hydrogen) atoms. The van der Waals surface area contributed by atoms with E-state index >= 15 is 0 Å². The van der Waals surface area contributed by atoms with Gasteiger partial charge in [-0.25, -0.2) is 4.79 Å². The molecule has 4 amide bonds. The number of amides is 4. The Morgan fingerprint density at radius 2 is 1.15 bits per heavy atom. The molecular weight excluding hydrogens is 783 g/mol. The number of ether oxygens (including phenoxy) is 4. The molecule has 0 N–H and O–H groups in total. The van der Waals surface area contributed by atoms with Crippen LogP contribution in [-0.4, -0.2) is 96.3 Å². The van der Waals surface area contributed by atoms with Gasteiger partial charge in [0.1, 0.15) is 13.2 Å². The number of rotatable bonds is 13. The van der Waals surface area contributed by atoms with E-state index in [-0.39, 0.29) is 56.4 Å². The Kier molecular flexibility index (Phi) is 11.7. The lowest BCUT2D eigenvalue weighted by Crippen LogP contribution is -2.35. The SMILES string of the molecule is C/C=C1\C[C@H]2C=Nc3cc(OCc4cc(CCCC(=O)ON5C(=O)CCC5=O)cc(COc5cc6c(cc5OC)C(=O)N5C/C(=C/C)C[C@H]5C=N6)c4)c(OC)cc3C(=O)N2C1. The van der Waals surface area contributed by atoms with Crippen molar-refractivity contribution in [2.24, 2.45) is 9.98 Å². The number of methoxy groups -OCH3 is 2. The van der Waals surface area contributed by atoms with Gasteiger partial charge in [0.2, 0.25) is 0 Å². The molecule has 0 unspecified atom stereocenters. The van der Waals surface area contributed by atoms with Gasteiger partial charge in [-0.15, -0.1) is 5.06 Å². The molecule has 0 spiro atoms. The van der Waals surface area contributed by atoms with Gasteiger partial charge in [0.15, 0.2) is 23.0 Å². The molecule has 0 bridgehead atoms. The van der Waals surface area contributed by atoms with E-state index < -0.39 is 17.8 Å². The normalized spacial score (nSPS) is 20.4. The highest BCUT2D eigenvalue weighted by atomic mass is 16.7. The number of fused-ring (bicyclic) bond motifs is 4. The van der Waals surface area contributed by atoms with Crippen molar-refractivity contribution in [1.29, 1.82) is 0 Å². The Hall–Kier alpha value is -6.77. The largest absolute Gasteiger partial charge is 0.493 e. The molecule has 3 aromatic rings. The summed E-state index contributed by atoms with van der Waals surface area (Å²) in [6.07, 6.45) is 10.0. The first-order chi connectivity index (χ1) is 29.5. The standard InChI is InChI=1S/C46H47N5O10/c1-5-27-15-32-21-47-36-19-40(38(57-3)17-34(36)45(55)49(32)23-27)59-25-30-12-29(8-7-9-44(54)61-51-42(52)10-11-43(51)53)13-31(14-30)26-60-41-20-37-35(18-39(41)58-4)46(56)50-24-28(6-2)16-33(50)22-48-37/h5-6,12-14,17-22,32-33H,7-11,15-16,23-26H2,1-4H3/b27-5+,28-6+/t32-,33-/m0/s1. The van der Waals surface area contributed by atoms with E-state index in [0.29, 0.717) is 76.5 Å². The van der Waals surface area contributed by atoms with Crippen LogP contribution in [0.5, 0.6) is 23.0 Å². The smallest absolute Gasteiger partial charge is 0.333 e. The zero-order chi connectivity index (χ0) is 42.8. The number of hydrogen-bond acceptors (Lipinski definition) is 12. The summed E-state index contributed by atoms with van der Waals surface area (Å²) in [7, 11) is 3.04. The highest BCUT2D eigenvalue weighted by Crippen LogP contribution is 2.41. The van der Waals surface area contributed by atoms with Gasteiger partial charge in [0.05, 0.1) is 48.8 Å². The molecule has 15 heteroatoms. The van der Waals surface area contributed by atoms with E-state index in [2.05, 4.69) is 0 Å². The lowest BCUT2D eigenvalue weighted by atomic mass is 10.0. The molecule has 8 rings (SSSR count). The van der Waals surface area contributed by atoms with Gasteiger partial charge in [-0.3, -0.25) is 29.2 Å². The predicted octanol–water partition coefficient (Wildman–Crippen LogP) is 6.55. The number of imide groups is 1. The van der Waals surface area contributed by atoms with Crippen molar-refractivity contribution in [1.82, 2.24) is 14.9 Å². The fourth-order valence-corrected chi connectivity index (χ4v) is 8.24. The van der Waals surface area contributed by atoms with Crippen LogP contribution in [0, 0.1) is 0 Å². The minimum atomic E-state index is -0.676. The molecule has 0 radical (unpaired) electrons. The summed E-state index contributed by atoms with van der Waals surface area (Å²) in [5.74, 6) is -0.383. The number of carbonyl (C=O) groups is 5. The third kappa shape index (κ3) is 8.50. The van der Waals surface area contributed by atoms with Crippen LogP contribution in [0.15, 0.2) is 75.7 Å². The van der Waals surface area contributed by atoms with Crippen LogP contribution >= 0.6 is 0 Å². The number of aliphatic imine (C=N–C) groups is 2. The molecule has 5 aliphatic rings. The number of benzene rings is 3. The lowest BCUT2D eigenvalue weighted by molar-refractivity contribution is -0.197. The van der Waals surface area contributed by atoms with Crippen molar-refractivity contribution in [3.63, 3.8) is 0 Å². The number of carbonyl (C=O) groups excluding carboxylic acids is 5. The van der Waals surface area contributed by atoms with E-state index in [1.807, 2.05) is 66.4 Å². The number of allylic oxidation sites excluding steroid dienone is 2. The van der Waals surface area contributed by atoms with E-state index in [4.69, 9.17) is 33.8 Å². The summed E-state index contributed by atoms with van der Waals surface area (Å²) in [6.45, 7) is 5.28. The maximum absolute atomic E-state index is 13.6. The van der Waals surface area contributed by atoms with Crippen LogP contribution in [0.4, 0.5) is 11.4 Å². The van der Waals surface area contributed by atoms with Crippen molar-refractivity contribution in [3.05, 3.63) is 93.6 Å². The minimum absolute atomic E-state index is 0.0184. The second kappa shape index (κ2) is 17.4. The van der Waals surface area contributed by atoms with E-state index in [0.717, 1.165) is 29.5 Å². The number of nitrogens with zero attached hydrogens (tertiary/aromatic N) is 5. The number of aryl methyl sites for hydroxylation is 1.